The Kier molecular flexibility index (Phi) is 25.3. The molecule has 0 saturated heterocycles. The van der Waals surface area contributed by atoms with Gasteiger partial charge in [-0.05, 0) is 140 Å². The largest absolute Gasteiger partial charge is 1.00 e. The molecule has 9 aromatic carbocycles. The normalized spacial score (nSPS) is 11.3. The van der Waals surface area contributed by atoms with Crippen molar-refractivity contribution in [3.05, 3.63) is 280 Å². The molecule has 6 heterocycles. The number of rotatable bonds is 22. The molecule has 0 aliphatic carbocycles. The number of hydrogen-bond acceptors (Lipinski definition) is 12. The van der Waals surface area contributed by atoms with Crippen LogP contribution in [0.1, 0.15) is 65.2 Å². The summed E-state index contributed by atoms with van der Waals surface area (Å²) in [6.07, 6.45) is 19.4. The predicted molar refractivity (Wildman–Crippen MR) is 406 cm³/mol. The van der Waals surface area contributed by atoms with Crippen molar-refractivity contribution in [1.29, 1.82) is 0 Å². The van der Waals surface area contributed by atoms with E-state index in [2.05, 4.69) is 201 Å². The quantitative estimate of drug-likeness (QED) is 0.0159. The van der Waals surface area contributed by atoms with Gasteiger partial charge in [-0.2, -0.15) is 4.31 Å². The number of fused-ring (bicyclic) bond motifs is 9. The molecule has 0 aliphatic heterocycles. The first-order chi connectivity index (χ1) is 48.8. The van der Waals surface area contributed by atoms with Crippen molar-refractivity contribution in [3.8, 4) is 66.8 Å². The zero-order valence-electron chi connectivity index (χ0n) is 56.3. The average Bonchev–Trinajstić information content (AvgIpc) is 0.771. The van der Waals surface area contributed by atoms with Gasteiger partial charge in [-0.1, -0.05) is 239 Å². The number of halogens is 1. The molecule has 0 atom stereocenters. The number of nitrogens with zero attached hydrogens (tertiary/aromatic N) is 7. The molecule has 16 heteroatoms. The summed E-state index contributed by atoms with van der Waals surface area (Å²) in [6.45, 7) is 5.46. The molecule has 15 rings (SSSR count). The van der Waals surface area contributed by atoms with Gasteiger partial charge in [0, 0.05) is 107 Å². The van der Waals surface area contributed by atoms with Gasteiger partial charge in [-0.25, -0.2) is 13.3 Å². The van der Waals surface area contributed by atoms with E-state index in [4.69, 9.17) is 14.3 Å². The third-order valence-electron chi connectivity index (χ3n) is 17.9. The molecule has 0 aliphatic rings. The maximum absolute atomic E-state index is 13.8. The van der Waals surface area contributed by atoms with Gasteiger partial charge in [0.05, 0.1) is 57.1 Å². The van der Waals surface area contributed by atoms with E-state index in [9.17, 15) is 8.42 Å². The fourth-order valence-corrected chi connectivity index (χ4v) is 14.9. The molecule has 0 amide bonds. The molecular weight excluding hydrogens is 1400 g/mol. The van der Waals surface area contributed by atoms with Gasteiger partial charge in [0.25, 0.3) is 0 Å². The van der Waals surface area contributed by atoms with Gasteiger partial charge in [0.2, 0.25) is 10.0 Å². The average molecular weight is 1480 g/mol. The molecule has 0 saturated carbocycles. The SMILES string of the molecule is CCCCCCN(CCCCCC)S(=O)(=O)c1ccc(-c2ccnc3c2ccc2c(-c4ccc(SOOOC)cc4)ccnc23)cc1.[Cl-].[Ru].c1ccc(-c2ccnc3c2ccc2c(-c4ccccc4)ccnc23)cc1.c1ccc(-c2ccnc3c2ccc2c(-c4ccccc4)ccnc23)cc1. The van der Waals surface area contributed by atoms with Crippen LogP contribution in [0.5, 0.6) is 0 Å². The van der Waals surface area contributed by atoms with Gasteiger partial charge in [0.15, 0.2) is 0 Å². The van der Waals surface area contributed by atoms with Gasteiger partial charge in [0.1, 0.15) is 0 Å². The number of benzene rings is 9. The molecule has 0 spiro atoms. The van der Waals surface area contributed by atoms with Gasteiger partial charge < -0.3 is 12.4 Å². The van der Waals surface area contributed by atoms with Crippen LogP contribution < -0.4 is 12.4 Å². The molecule has 0 fully saturated rings. The van der Waals surface area contributed by atoms with Gasteiger partial charge >= 0.3 is 0 Å². The van der Waals surface area contributed by atoms with Crippen LogP contribution in [-0.4, -0.2) is 62.8 Å². The van der Waals surface area contributed by atoms with Crippen LogP contribution in [0.2, 0.25) is 0 Å². The van der Waals surface area contributed by atoms with Crippen LogP contribution >= 0.6 is 12.0 Å². The monoisotopic (exact) mass is 1470 g/mol. The third kappa shape index (κ3) is 16.6. The summed E-state index contributed by atoms with van der Waals surface area (Å²) < 4.78 is 34.2. The Morgan fingerprint density at radius 2 is 0.604 bits per heavy atom. The van der Waals surface area contributed by atoms with E-state index < -0.39 is 10.0 Å². The minimum atomic E-state index is -3.59. The first-order valence-electron chi connectivity index (χ1n) is 33.8. The molecule has 15 aromatic rings. The molecule has 6 aromatic heterocycles. The van der Waals surface area contributed by atoms with Crippen molar-refractivity contribution in [2.75, 3.05) is 20.2 Å². The fraction of sp³-hybridized carbons (Fsp3) is 0.153. The fourth-order valence-electron chi connectivity index (χ4n) is 13.0. The van der Waals surface area contributed by atoms with E-state index in [1.807, 2.05) is 97.6 Å². The number of unbranched alkanes of at least 4 members (excludes halogenated alkanes) is 6. The molecule has 0 radical (unpaired) electrons. The van der Waals surface area contributed by atoms with Crippen molar-refractivity contribution >= 4 is 87.5 Å². The Bertz CT molecular complexity index is 4940. The van der Waals surface area contributed by atoms with E-state index >= 15 is 0 Å². The molecule has 12 nitrogen and oxygen atoms in total. The minimum absolute atomic E-state index is 0. The van der Waals surface area contributed by atoms with Crippen molar-refractivity contribution in [3.63, 3.8) is 0 Å². The molecule has 0 bridgehead atoms. The number of sulfonamides is 1. The number of hydrogen-bond donors (Lipinski definition) is 0. The van der Waals surface area contributed by atoms with Crippen molar-refractivity contribution < 1.29 is 54.6 Å². The Morgan fingerprint density at radius 1 is 0.337 bits per heavy atom. The van der Waals surface area contributed by atoms with Crippen molar-refractivity contribution in [2.45, 2.75) is 75.0 Å². The summed E-state index contributed by atoms with van der Waals surface area (Å²) in [5.74, 6) is 0. The molecular formula is C85H75ClN7O5RuS2-. The predicted octanol–water partition coefficient (Wildman–Crippen LogP) is 19.0. The Morgan fingerprint density at radius 3 is 0.871 bits per heavy atom. The second-order valence-electron chi connectivity index (χ2n) is 24.1. The Balaban J connectivity index is 0.000000161. The third-order valence-corrected chi connectivity index (χ3v) is 20.4. The Hall–Kier alpha value is -9.51. The zero-order chi connectivity index (χ0) is 67.8. The minimum Gasteiger partial charge on any atom is -1.00 e. The van der Waals surface area contributed by atoms with Crippen LogP contribution in [0.25, 0.3) is 132 Å². The molecule has 508 valence electrons. The van der Waals surface area contributed by atoms with Crippen LogP contribution in [0.15, 0.2) is 290 Å². The van der Waals surface area contributed by atoms with Crippen molar-refractivity contribution in [1.82, 2.24) is 34.2 Å². The van der Waals surface area contributed by atoms with Gasteiger partial charge in [-0.3, -0.25) is 29.9 Å². The summed E-state index contributed by atoms with van der Waals surface area (Å²) in [4.78, 5) is 33.8. The van der Waals surface area contributed by atoms with E-state index in [0.29, 0.717) is 18.0 Å². The number of pyridine rings is 6. The Labute approximate surface area is 613 Å². The van der Waals surface area contributed by atoms with Crippen LogP contribution in [-0.2, 0) is 43.8 Å². The van der Waals surface area contributed by atoms with E-state index in [1.165, 1.54) is 51.6 Å². The molecule has 0 N–H and O–H groups in total. The zero-order valence-corrected chi connectivity index (χ0v) is 60.5. The first kappa shape index (κ1) is 72.7. The second kappa shape index (κ2) is 35.2. The summed E-state index contributed by atoms with van der Waals surface area (Å²) in [6, 6.07) is 82.1. The van der Waals surface area contributed by atoms with Crippen LogP contribution in [0.3, 0.4) is 0 Å². The standard InChI is InChI=1S/C37H43N3O5S2.2C24H16N2.ClH.Ru/c1-4-6-8-10-26-40(27-11-9-7-5-2)47(41,42)31-18-14-29(15-19-31)33-23-25-39-37-35(33)21-20-34-32(22-24-38-36(34)37)28-12-16-30(17-13-28)46-45-44-43-3;2*1-3-7-17(8-4-1)19-13-15-25-23-21(19)11-12-22-20(14-16-26-24(22)23)18-9-5-2-6-10-18;;/h12-25H,4-11,26-27H2,1-3H3;2*1-16H;1H;/p-1. The van der Waals surface area contributed by atoms with Gasteiger partial charge in [-0.15, -0.1) is 4.33 Å². The summed E-state index contributed by atoms with van der Waals surface area (Å²) in [5.41, 5.74) is 18.9. The van der Waals surface area contributed by atoms with Crippen LogP contribution in [0.4, 0.5) is 0 Å². The van der Waals surface area contributed by atoms with Crippen molar-refractivity contribution in [2.24, 2.45) is 0 Å². The first-order valence-corrected chi connectivity index (χ1v) is 36.0. The molecule has 0 unspecified atom stereocenters. The second-order valence-corrected chi connectivity index (χ2v) is 26.9. The van der Waals surface area contributed by atoms with E-state index in [-0.39, 0.29) is 31.9 Å². The maximum atomic E-state index is 13.8. The summed E-state index contributed by atoms with van der Waals surface area (Å²) in [5, 5.41) is 10.9. The summed E-state index contributed by atoms with van der Waals surface area (Å²) >= 11 is 1.06. The van der Waals surface area contributed by atoms with E-state index in [1.54, 1.807) is 28.8 Å². The maximum Gasteiger partial charge on any atom is 0.243 e. The smallest absolute Gasteiger partial charge is 0.243 e. The summed E-state index contributed by atoms with van der Waals surface area (Å²) in [7, 11) is -2.22. The van der Waals surface area contributed by atoms with Crippen LogP contribution in [0, 0.1) is 0 Å². The number of aromatic nitrogens is 6. The van der Waals surface area contributed by atoms with E-state index in [0.717, 1.165) is 156 Å². The topological polar surface area (TPSA) is 142 Å². The molecule has 101 heavy (non-hydrogen) atoms.